The van der Waals surface area contributed by atoms with E-state index in [4.69, 9.17) is 4.74 Å². The number of nitrogens with one attached hydrogen (secondary N) is 2. The molecule has 1 saturated carbocycles. The van der Waals surface area contributed by atoms with Gasteiger partial charge < -0.3 is 4.74 Å². The predicted molar refractivity (Wildman–Crippen MR) is 106 cm³/mol. The maximum Gasteiger partial charge on any atom is 0.267 e. The molecule has 2 aromatic rings. The average molecular weight is 404 g/mol. The molecule has 4 rings (SSSR count). The molecule has 0 saturated heterocycles. The van der Waals surface area contributed by atoms with E-state index in [1.807, 2.05) is 0 Å². The summed E-state index contributed by atoms with van der Waals surface area (Å²) in [5, 5.41) is 6.82. The molecule has 8 heteroatoms. The molecule has 2 aliphatic carbocycles. The van der Waals surface area contributed by atoms with Crippen molar-refractivity contribution < 1.29 is 13.2 Å². The first-order valence-corrected chi connectivity index (χ1v) is 11.3. The van der Waals surface area contributed by atoms with Gasteiger partial charge in [0, 0.05) is 17.2 Å². The summed E-state index contributed by atoms with van der Waals surface area (Å²) in [4.78, 5) is 12.2. The minimum atomic E-state index is -3.72. The van der Waals surface area contributed by atoms with E-state index in [-0.39, 0.29) is 16.5 Å². The van der Waals surface area contributed by atoms with E-state index in [1.165, 1.54) is 7.11 Å². The molecule has 2 N–H and O–H groups in total. The number of nitrogens with zero attached hydrogens (tertiary/aromatic N) is 1. The molecular formula is C20H25N3O4S. The van der Waals surface area contributed by atoms with Crippen molar-refractivity contribution >= 4 is 10.0 Å². The van der Waals surface area contributed by atoms with Crippen molar-refractivity contribution in [1.82, 2.24) is 14.9 Å². The SMILES string of the molecule is COc1ccc(-c2n[nH]c(=O)c3c2CCCC3)cc1S(=O)(=O)NC1CCCC1. The van der Waals surface area contributed by atoms with E-state index in [9.17, 15) is 13.2 Å². The highest BCUT2D eigenvalue weighted by atomic mass is 32.2. The van der Waals surface area contributed by atoms with E-state index < -0.39 is 10.0 Å². The van der Waals surface area contributed by atoms with Gasteiger partial charge in [-0.3, -0.25) is 4.79 Å². The summed E-state index contributed by atoms with van der Waals surface area (Å²) in [6.45, 7) is 0. The van der Waals surface area contributed by atoms with Gasteiger partial charge in [-0.05, 0) is 62.3 Å². The molecule has 28 heavy (non-hydrogen) atoms. The quantitative estimate of drug-likeness (QED) is 0.799. The summed E-state index contributed by atoms with van der Waals surface area (Å²) >= 11 is 0. The Balaban J connectivity index is 1.79. The van der Waals surface area contributed by atoms with Crippen LogP contribution in [0.1, 0.15) is 49.7 Å². The van der Waals surface area contributed by atoms with Crippen LogP contribution in [0.2, 0.25) is 0 Å². The molecule has 0 aliphatic heterocycles. The number of aromatic amines is 1. The molecule has 0 bridgehead atoms. The highest BCUT2D eigenvalue weighted by Gasteiger charge is 2.27. The molecule has 0 radical (unpaired) electrons. The second-order valence-corrected chi connectivity index (χ2v) is 9.22. The second kappa shape index (κ2) is 7.67. The van der Waals surface area contributed by atoms with Crippen LogP contribution in [0.4, 0.5) is 0 Å². The second-order valence-electron chi connectivity index (χ2n) is 7.53. The van der Waals surface area contributed by atoms with Crippen LogP contribution >= 0.6 is 0 Å². The summed E-state index contributed by atoms with van der Waals surface area (Å²) in [6.07, 6.45) is 7.27. The number of aromatic nitrogens is 2. The lowest BCUT2D eigenvalue weighted by Gasteiger charge is -2.19. The molecule has 7 nitrogen and oxygen atoms in total. The van der Waals surface area contributed by atoms with Crippen molar-refractivity contribution in [1.29, 1.82) is 0 Å². The minimum Gasteiger partial charge on any atom is -0.495 e. The predicted octanol–water partition coefficient (Wildman–Crippen LogP) is 2.55. The van der Waals surface area contributed by atoms with E-state index in [2.05, 4.69) is 14.9 Å². The van der Waals surface area contributed by atoms with Crippen molar-refractivity contribution in [3.63, 3.8) is 0 Å². The van der Waals surface area contributed by atoms with Gasteiger partial charge in [-0.15, -0.1) is 0 Å². The number of hydrogen-bond donors (Lipinski definition) is 2. The van der Waals surface area contributed by atoms with E-state index in [0.717, 1.165) is 62.5 Å². The Kier molecular flexibility index (Phi) is 5.25. The third kappa shape index (κ3) is 3.58. The molecule has 1 aromatic heterocycles. The van der Waals surface area contributed by atoms with Crippen LogP contribution in [0.15, 0.2) is 27.9 Å². The highest BCUT2D eigenvalue weighted by Crippen LogP contribution is 2.33. The standard InChI is InChI=1S/C20H25N3O4S/c1-27-17-11-10-13(12-18(17)28(25,26)23-14-6-2-3-7-14)19-15-8-4-5-9-16(15)20(24)22-21-19/h10-12,14,23H,2-9H2,1H3,(H,22,24). The van der Waals surface area contributed by atoms with Crippen LogP contribution in [0.25, 0.3) is 11.3 Å². The van der Waals surface area contributed by atoms with Gasteiger partial charge in [-0.1, -0.05) is 12.8 Å². The zero-order valence-corrected chi connectivity index (χ0v) is 16.8. The van der Waals surface area contributed by atoms with Crippen LogP contribution in [0, 0.1) is 0 Å². The Hall–Kier alpha value is -2.19. The summed E-state index contributed by atoms with van der Waals surface area (Å²) in [5.74, 6) is 0.299. The number of hydrogen-bond acceptors (Lipinski definition) is 5. The molecule has 0 atom stereocenters. The van der Waals surface area contributed by atoms with Crippen LogP contribution < -0.4 is 15.0 Å². The van der Waals surface area contributed by atoms with Crippen molar-refractivity contribution in [2.45, 2.75) is 62.3 Å². The first-order valence-electron chi connectivity index (χ1n) is 9.81. The lowest BCUT2D eigenvalue weighted by molar-refractivity contribution is 0.402. The molecule has 1 fully saturated rings. The van der Waals surface area contributed by atoms with Gasteiger partial charge in [0.15, 0.2) is 0 Å². The fraction of sp³-hybridized carbons (Fsp3) is 0.500. The fourth-order valence-corrected chi connectivity index (χ4v) is 5.76. The van der Waals surface area contributed by atoms with E-state index >= 15 is 0 Å². The molecule has 2 aliphatic rings. The van der Waals surface area contributed by atoms with Crippen LogP contribution in [0.5, 0.6) is 5.75 Å². The third-order valence-corrected chi connectivity index (χ3v) is 7.24. The van der Waals surface area contributed by atoms with Crippen molar-refractivity contribution in [3.05, 3.63) is 39.7 Å². The minimum absolute atomic E-state index is 0.0303. The maximum atomic E-state index is 13.0. The zero-order valence-electron chi connectivity index (χ0n) is 16.0. The van der Waals surface area contributed by atoms with Crippen LogP contribution in [-0.2, 0) is 22.9 Å². The molecule has 150 valence electrons. The first-order chi connectivity index (χ1) is 13.5. The summed E-state index contributed by atoms with van der Waals surface area (Å²) in [6, 6.07) is 5.02. The maximum absolute atomic E-state index is 13.0. The Labute approximate surface area is 164 Å². The summed E-state index contributed by atoms with van der Waals surface area (Å²) < 4.78 is 34.2. The normalized spacial score (nSPS) is 17.5. The van der Waals surface area contributed by atoms with Gasteiger partial charge in [0.1, 0.15) is 10.6 Å². The van der Waals surface area contributed by atoms with Crippen molar-refractivity contribution in [2.24, 2.45) is 0 Å². The van der Waals surface area contributed by atoms with Gasteiger partial charge in [-0.25, -0.2) is 18.2 Å². The zero-order chi connectivity index (χ0) is 19.7. The van der Waals surface area contributed by atoms with Crippen LogP contribution in [0.3, 0.4) is 0 Å². The Bertz CT molecular complexity index is 1040. The average Bonchev–Trinajstić information content (AvgIpc) is 3.20. The Morgan fingerprint density at radius 2 is 1.82 bits per heavy atom. The largest absolute Gasteiger partial charge is 0.495 e. The first kappa shape index (κ1) is 19.1. The highest BCUT2D eigenvalue weighted by molar-refractivity contribution is 7.89. The van der Waals surface area contributed by atoms with E-state index in [1.54, 1.807) is 18.2 Å². The third-order valence-electron chi connectivity index (χ3n) is 5.70. The lowest BCUT2D eigenvalue weighted by atomic mass is 9.90. The number of sulfonamides is 1. The Morgan fingerprint density at radius 3 is 2.54 bits per heavy atom. The monoisotopic (exact) mass is 403 g/mol. The number of benzene rings is 1. The smallest absolute Gasteiger partial charge is 0.267 e. The number of ether oxygens (including phenoxy) is 1. The number of H-pyrrole nitrogens is 1. The summed E-state index contributed by atoms with van der Waals surface area (Å²) in [7, 11) is -2.26. The van der Waals surface area contributed by atoms with Gasteiger partial charge in [0.05, 0.1) is 12.8 Å². The number of fused-ring (bicyclic) bond motifs is 1. The fourth-order valence-electron chi connectivity index (χ4n) is 4.26. The molecule has 1 aromatic carbocycles. The van der Waals surface area contributed by atoms with Crippen molar-refractivity contribution in [3.8, 4) is 17.0 Å². The van der Waals surface area contributed by atoms with Gasteiger partial charge in [0.2, 0.25) is 10.0 Å². The topological polar surface area (TPSA) is 101 Å². The molecule has 0 spiro atoms. The van der Waals surface area contributed by atoms with Gasteiger partial charge in [-0.2, -0.15) is 5.10 Å². The molecule has 1 heterocycles. The summed E-state index contributed by atoms with van der Waals surface area (Å²) in [5.41, 5.74) is 2.85. The molecule has 0 unspecified atom stereocenters. The molecule has 0 amide bonds. The Morgan fingerprint density at radius 1 is 1.11 bits per heavy atom. The van der Waals surface area contributed by atoms with Gasteiger partial charge in [0.25, 0.3) is 5.56 Å². The van der Waals surface area contributed by atoms with Crippen molar-refractivity contribution in [2.75, 3.05) is 7.11 Å². The number of rotatable bonds is 5. The lowest BCUT2D eigenvalue weighted by Crippen LogP contribution is -2.32. The number of methoxy groups -OCH3 is 1. The van der Waals surface area contributed by atoms with Crippen LogP contribution in [-0.4, -0.2) is 31.8 Å². The van der Waals surface area contributed by atoms with E-state index in [0.29, 0.717) is 17.0 Å². The van der Waals surface area contributed by atoms with Gasteiger partial charge >= 0.3 is 0 Å². The molecular weight excluding hydrogens is 378 g/mol.